The monoisotopic (exact) mass is 111 g/mol. The predicted molar refractivity (Wildman–Crippen MR) is 36.5 cm³/mol. The van der Waals surface area contributed by atoms with Gasteiger partial charge >= 0.3 is 0 Å². The number of hydrogen-bond donors (Lipinski definition) is 0. The first-order valence-corrected chi connectivity index (χ1v) is 3.62. The van der Waals surface area contributed by atoms with Crippen molar-refractivity contribution in [3.63, 3.8) is 0 Å². The Morgan fingerprint density at radius 2 is 2.25 bits per heavy atom. The van der Waals surface area contributed by atoms with Crippen LogP contribution in [0.3, 0.4) is 0 Å². The summed E-state index contributed by atoms with van der Waals surface area (Å²) in [5.41, 5.74) is 0. The molecular weight excluding hydrogens is 96.1 g/mol. The first-order chi connectivity index (χ1) is 3.84. The van der Waals surface area contributed by atoms with Crippen LogP contribution >= 0.6 is 0 Å². The van der Waals surface area contributed by atoms with E-state index in [-0.39, 0.29) is 0 Å². The highest BCUT2D eigenvalue weighted by atomic mass is 14.3. The van der Waals surface area contributed by atoms with Gasteiger partial charge in [-0.15, -0.1) is 0 Å². The summed E-state index contributed by atoms with van der Waals surface area (Å²) in [7, 11) is 0. The molecule has 1 fully saturated rings. The highest BCUT2D eigenvalue weighted by Crippen LogP contribution is 2.36. The molecule has 0 nitrogen and oxygen atoms in total. The fourth-order valence-corrected chi connectivity index (χ4v) is 1.39. The first kappa shape index (κ1) is 6.00. The molecule has 0 N–H and O–H groups in total. The Morgan fingerprint density at radius 1 is 1.50 bits per heavy atom. The second-order valence-corrected chi connectivity index (χ2v) is 2.96. The maximum absolute atomic E-state index is 2.36. The van der Waals surface area contributed by atoms with E-state index in [2.05, 4.69) is 20.3 Å². The summed E-state index contributed by atoms with van der Waals surface area (Å²) in [5, 5.41) is 0. The molecule has 0 aromatic rings. The SMILES string of the molecule is C[CH+]CC1CCC1C. The second kappa shape index (κ2) is 2.43. The standard InChI is InChI=1S/C8H15/c1-3-4-8-6-5-7(8)2/h3,7-8H,4-6H2,1-2H3/q+1. The van der Waals surface area contributed by atoms with Crippen LogP contribution < -0.4 is 0 Å². The summed E-state index contributed by atoms with van der Waals surface area (Å²) in [6.45, 7) is 4.52. The van der Waals surface area contributed by atoms with Gasteiger partial charge < -0.3 is 0 Å². The summed E-state index contributed by atoms with van der Waals surface area (Å²) >= 11 is 0. The van der Waals surface area contributed by atoms with E-state index in [1.807, 2.05) is 0 Å². The molecule has 0 aromatic heterocycles. The fraction of sp³-hybridized carbons (Fsp3) is 0.875. The molecule has 2 unspecified atom stereocenters. The van der Waals surface area contributed by atoms with Crippen LogP contribution in [0.4, 0.5) is 0 Å². The van der Waals surface area contributed by atoms with E-state index in [0.29, 0.717) is 0 Å². The average Bonchev–Trinajstić information content (AvgIpc) is 1.79. The van der Waals surface area contributed by atoms with E-state index in [9.17, 15) is 0 Å². The molecule has 1 saturated carbocycles. The Bertz CT molecular complexity index is 66.4. The predicted octanol–water partition coefficient (Wildman–Crippen LogP) is 2.65. The van der Waals surface area contributed by atoms with Gasteiger partial charge in [0, 0.05) is 5.92 Å². The van der Waals surface area contributed by atoms with Gasteiger partial charge in [-0.2, -0.15) is 0 Å². The molecule has 1 aliphatic rings. The Kier molecular flexibility index (Phi) is 1.82. The van der Waals surface area contributed by atoms with Crippen molar-refractivity contribution in [2.24, 2.45) is 11.8 Å². The van der Waals surface area contributed by atoms with Crippen molar-refractivity contribution in [3.05, 3.63) is 6.42 Å². The smallest absolute Gasteiger partial charge is 0.0621 e. The van der Waals surface area contributed by atoms with E-state index in [1.165, 1.54) is 19.3 Å². The highest BCUT2D eigenvalue weighted by molar-refractivity contribution is 4.80. The zero-order chi connectivity index (χ0) is 5.98. The lowest BCUT2D eigenvalue weighted by atomic mass is 9.73. The van der Waals surface area contributed by atoms with E-state index < -0.39 is 0 Å². The van der Waals surface area contributed by atoms with Crippen LogP contribution in [-0.4, -0.2) is 0 Å². The van der Waals surface area contributed by atoms with E-state index >= 15 is 0 Å². The van der Waals surface area contributed by atoms with Gasteiger partial charge in [0.05, 0.1) is 19.8 Å². The lowest BCUT2D eigenvalue weighted by Crippen LogP contribution is -2.22. The topological polar surface area (TPSA) is 0 Å². The van der Waals surface area contributed by atoms with Gasteiger partial charge in [0.1, 0.15) is 0 Å². The van der Waals surface area contributed by atoms with Crippen LogP contribution in [0.5, 0.6) is 0 Å². The third-order valence-electron chi connectivity index (χ3n) is 2.34. The van der Waals surface area contributed by atoms with Crippen LogP contribution in [0, 0.1) is 18.3 Å². The van der Waals surface area contributed by atoms with Crippen molar-refractivity contribution in [3.8, 4) is 0 Å². The van der Waals surface area contributed by atoms with Gasteiger partial charge in [-0.25, -0.2) is 0 Å². The van der Waals surface area contributed by atoms with Crippen LogP contribution in [0.1, 0.15) is 33.1 Å². The summed E-state index contributed by atoms with van der Waals surface area (Å²) < 4.78 is 0. The zero-order valence-corrected chi connectivity index (χ0v) is 5.85. The molecule has 0 radical (unpaired) electrons. The summed E-state index contributed by atoms with van der Waals surface area (Å²) in [5.74, 6) is 2.06. The van der Waals surface area contributed by atoms with Gasteiger partial charge in [-0.1, -0.05) is 6.92 Å². The van der Waals surface area contributed by atoms with Crippen molar-refractivity contribution in [2.45, 2.75) is 33.1 Å². The third kappa shape index (κ3) is 0.988. The summed E-state index contributed by atoms with van der Waals surface area (Å²) in [6, 6.07) is 0. The zero-order valence-electron chi connectivity index (χ0n) is 5.85. The molecule has 2 atom stereocenters. The fourth-order valence-electron chi connectivity index (χ4n) is 1.39. The van der Waals surface area contributed by atoms with Crippen LogP contribution in [-0.2, 0) is 0 Å². The highest BCUT2D eigenvalue weighted by Gasteiger charge is 2.27. The average molecular weight is 111 g/mol. The Morgan fingerprint density at radius 3 is 2.38 bits per heavy atom. The quantitative estimate of drug-likeness (QED) is 0.480. The molecule has 0 aromatic carbocycles. The van der Waals surface area contributed by atoms with Gasteiger partial charge in [-0.05, 0) is 18.8 Å². The lowest BCUT2D eigenvalue weighted by molar-refractivity contribution is 0.194. The minimum absolute atomic E-state index is 1.02. The van der Waals surface area contributed by atoms with Crippen LogP contribution in [0.2, 0.25) is 0 Å². The number of hydrogen-bond acceptors (Lipinski definition) is 0. The second-order valence-electron chi connectivity index (χ2n) is 2.96. The molecule has 8 heavy (non-hydrogen) atoms. The minimum atomic E-state index is 1.02. The maximum Gasteiger partial charge on any atom is 0.0903 e. The molecular formula is C8H15+. The van der Waals surface area contributed by atoms with Crippen molar-refractivity contribution < 1.29 is 0 Å². The first-order valence-electron chi connectivity index (χ1n) is 3.62. The molecule has 1 aliphatic carbocycles. The van der Waals surface area contributed by atoms with Gasteiger partial charge in [-0.3, -0.25) is 0 Å². The molecule has 1 rings (SSSR count). The van der Waals surface area contributed by atoms with Gasteiger partial charge in [0.15, 0.2) is 0 Å². The molecule has 0 spiro atoms. The molecule has 0 aliphatic heterocycles. The molecule has 0 saturated heterocycles. The number of rotatable bonds is 2. The van der Waals surface area contributed by atoms with Crippen molar-refractivity contribution in [1.29, 1.82) is 0 Å². The molecule has 0 heteroatoms. The normalized spacial score (nSPS) is 36.2. The van der Waals surface area contributed by atoms with Crippen molar-refractivity contribution in [2.75, 3.05) is 0 Å². The van der Waals surface area contributed by atoms with Crippen LogP contribution in [0.15, 0.2) is 0 Å². The Labute approximate surface area is 52.3 Å². The van der Waals surface area contributed by atoms with Crippen LogP contribution in [0.25, 0.3) is 0 Å². The van der Waals surface area contributed by atoms with E-state index in [1.54, 1.807) is 0 Å². The lowest BCUT2D eigenvalue weighted by Gasteiger charge is -2.30. The molecule has 0 amide bonds. The Balaban J connectivity index is 2.08. The largest absolute Gasteiger partial charge is 0.0903 e. The van der Waals surface area contributed by atoms with E-state index in [0.717, 1.165) is 11.8 Å². The molecule has 0 heterocycles. The van der Waals surface area contributed by atoms with Crippen molar-refractivity contribution >= 4 is 0 Å². The van der Waals surface area contributed by atoms with Gasteiger partial charge in [0.2, 0.25) is 0 Å². The summed E-state index contributed by atoms with van der Waals surface area (Å²) in [6.07, 6.45) is 6.59. The van der Waals surface area contributed by atoms with Crippen molar-refractivity contribution in [1.82, 2.24) is 0 Å². The molecule has 0 bridgehead atoms. The third-order valence-corrected chi connectivity index (χ3v) is 2.34. The molecule has 46 valence electrons. The minimum Gasteiger partial charge on any atom is -0.0621 e. The van der Waals surface area contributed by atoms with Gasteiger partial charge in [0.25, 0.3) is 0 Å². The maximum atomic E-state index is 2.36. The Hall–Kier alpha value is -0.130. The summed E-state index contributed by atoms with van der Waals surface area (Å²) in [4.78, 5) is 0. The van der Waals surface area contributed by atoms with E-state index in [4.69, 9.17) is 0 Å².